The minimum absolute atomic E-state index is 0.00995. The minimum atomic E-state index is -0.0792. The summed E-state index contributed by atoms with van der Waals surface area (Å²) in [5.41, 5.74) is 0.889. The van der Waals surface area contributed by atoms with Crippen molar-refractivity contribution in [1.82, 2.24) is 4.90 Å². The van der Waals surface area contributed by atoms with Crippen molar-refractivity contribution < 1.29 is 18.7 Å². The molecule has 0 saturated heterocycles. The zero-order valence-corrected chi connectivity index (χ0v) is 15.5. The van der Waals surface area contributed by atoms with Gasteiger partial charge in [0.15, 0.2) is 11.5 Å². The molecule has 1 unspecified atom stereocenters. The molecule has 1 atom stereocenters. The molecule has 1 aromatic heterocycles. The molecular formula is C21H25NO4. The Morgan fingerprint density at radius 1 is 1.35 bits per heavy atom. The van der Waals surface area contributed by atoms with Crippen molar-refractivity contribution in [2.24, 2.45) is 0 Å². The third kappa shape index (κ3) is 4.10. The second-order valence-electron chi connectivity index (χ2n) is 6.34. The SMILES string of the molecule is CCOc1ccc(C=CC(=O)N(C2CC2)C(C)c2ccco2)cc1OC. The molecule has 1 saturated carbocycles. The van der Waals surface area contributed by atoms with Crippen LogP contribution in [0.4, 0.5) is 0 Å². The molecule has 0 N–H and O–H groups in total. The van der Waals surface area contributed by atoms with Crippen LogP contribution in [0.3, 0.4) is 0 Å². The Labute approximate surface area is 154 Å². The van der Waals surface area contributed by atoms with E-state index in [2.05, 4.69) is 0 Å². The number of amides is 1. The van der Waals surface area contributed by atoms with E-state index in [-0.39, 0.29) is 11.9 Å². The van der Waals surface area contributed by atoms with Gasteiger partial charge in [-0.15, -0.1) is 0 Å². The first-order valence-corrected chi connectivity index (χ1v) is 8.98. The smallest absolute Gasteiger partial charge is 0.247 e. The first-order valence-electron chi connectivity index (χ1n) is 8.98. The van der Waals surface area contributed by atoms with E-state index in [1.165, 1.54) is 0 Å². The van der Waals surface area contributed by atoms with E-state index in [1.807, 2.05) is 55.2 Å². The molecule has 2 aromatic rings. The standard InChI is InChI=1S/C21H25NO4/c1-4-25-19-11-7-16(14-20(19)24-3)8-12-21(23)22(17-9-10-17)15(2)18-6-5-13-26-18/h5-8,11-15,17H,4,9-10H2,1-3H3. The van der Waals surface area contributed by atoms with E-state index < -0.39 is 0 Å². The number of furan rings is 1. The third-order valence-electron chi connectivity index (χ3n) is 4.47. The summed E-state index contributed by atoms with van der Waals surface area (Å²) in [4.78, 5) is 14.7. The maximum Gasteiger partial charge on any atom is 0.247 e. The maximum atomic E-state index is 12.8. The van der Waals surface area contributed by atoms with Crippen LogP contribution in [0.25, 0.3) is 6.08 Å². The highest BCUT2D eigenvalue weighted by molar-refractivity contribution is 5.92. The van der Waals surface area contributed by atoms with Gasteiger partial charge in [-0.05, 0) is 62.6 Å². The van der Waals surface area contributed by atoms with E-state index >= 15 is 0 Å². The molecule has 26 heavy (non-hydrogen) atoms. The molecule has 0 spiro atoms. The quantitative estimate of drug-likeness (QED) is 0.656. The molecule has 5 nitrogen and oxygen atoms in total. The summed E-state index contributed by atoms with van der Waals surface area (Å²) >= 11 is 0. The zero-order chi connectivity index (χ0) is 18.5. The van der Waals surface area contributed by atoms with Crippen molar-refractivity contribution in [3.63, 3.8) is 0 Å². The average molecular weight is 355 g/mol. The van der Waals surface area contributed by atoms with Crippen LogP contribution in [0.15, 0.2) is 47.1 Å². The Hall–Kier alpha value is -2.69. The second-order valence-corrected chi connectivity index (χ2v) is 6.34. The molecule has 1 heterocycles. The second kappa shape index (κ2) is 8.13. The highest BCUT2D eigenvalue weighted by Gasteiger charge is 2.36. The number of carbonyl (C=O) groups is 1. The fraction of sp³-hybridized carbons (Fsp3) is 0.381. The fourth-order valence-electron chi connectivity index (χ4n) is 3.02. The lowest BCUT2D eigenvalue weighted by Crippen LogP contribution is -2.34. The molecule has 1 fully saturated rings. The Morgan fingerprint density at radius 2 is 2.15 bits per heavy atom. The van der Waals surface area contributed by atoms with Gasteiger partial charge in [0.2, 0.25) is 5.91 Å². The molecule has 0 radical (unpaired) electrons. The third-order valence-corrected chi connectivity index (χ3v) is 4.47. The van der Waals surface area contributed by atoms with Crippen LogP contribution < -0.4 is 9.47 Å². The van der Waals surface area contributed by atoms with Crippen LogP contribution in [0.2, 0.25) is 0 Å². The lowest BCUT2D eigenvalue weighted by molar-refractivity contribution is -0.129. The summed E-state index contributed by atoms with van der Waals surface area (Å²) in [6.07, 6.45) is 7.16. The fourth-order valence-corrected chi connectivity index (χ4v) is 3.02. The molecule has 0 aliphatic heterocycles. The first-order chi connectivity index (χ1) is 12.6. The van der Waals surface area contributed by atoms with Gasteiger partial charge in [0, 0.05) is 12.1 Å². The molecule has 1 aromatic carbocycles. The van der Waals surface area contributed by atoms with Gasteiger partial charge in [-0.1, -0.05) is 6.07 Å². The highest BCUT2D eigenvalue weighted by Crippen LogP contribution is 2.35. The minimum Gasteiger partial charge on any atom is -0.493 e. The largest absolute Gasteiger partial charge is 0.493 e. The van der Waals surface area contributed by atoms with Crippen LogP contribution in [-0.4, -0.2) is 30.6 Å². The van der Waals surface area contributed by atoms with Crippen molar-refractivity contribution in [2.75, 3.05) is 13.7 Å². The normalized spacial score (nSPS) is 15.0. The molecule has 5 heteroatoms. The van der Waals surface area contributed by atoms with Crippen LogP contribution in [0, 0.1) is 0 Å². The predicted octanol–water partition coefficient (Wildman–Crippen LogP) is 4.45. The predicted molar refractivity (Wildman–Crippen MR) is 100 cm³/mol. The van der Waals surface area contributed by atoms with Crippen molar-refractivity contribution in [1.29, 1.82) is 0 Å². The molecule has 1 aliphatic carbocycles. The number of methoxy groups -OCH3 is 1. The van der Waals surface area contributed by atoms with E-state index in [0.29, 0.717) is 24.1 Å². The van der Waals surface area contributed by atoms with Gasteiger partial charge in [-0.3, -0.25) is 4.79 Å². The Kier molecular flexibility index (Phi) is 5.66. The molecular weight excluding hydrogens is 330 g/mol. The summed E-state index contributed by atoms with van der Waals surface area (Å²) in [6.45, 7) is 4.51. The summed E-state index contributed by atoms with van der Waals surface area (Å²) < 4.78 is 16.4. The van der Waals surface area contributed by atoms with Crippen molar-refractivity contribution in [3.05, 3.63) is 54.0 Å². The van der Waals surface area contributed by atoms with Gasteiger partial charge >= 0.3 is 0 Å². The molecule has 1 amide bonds. The van der Waals surface area contributed by atoms with Gasteiger partial charge in [-0.25, -0.2) is 0 Å². The molecule has 1 aliphatic rings. The Balaban J connectivity index is 1.75. The summed E-state index contributed by atoms with van der Waals surface area (Å²) in [5.74, 6) is 2.15. The number of rotatable bonds is 8. The summed E-state index contributed by atoms with van der Waals surface area (Å²) in [6, 6.07) is 9.61. The zero-order valence-electron chi connectivity index (χ0n) is 15.5. The number of ether oxygens (including phenoxy) is 2. The number of benzene rings is 1. The van der Waals surface area contributed by atoms with Crippen LogP contribution in [-0.2, 0) is 4.79 Å². The van der Waals surface area contributed by atoms with Crippen LogP contribution >= 0.6 is 0 Å². The number of hydrogen-bond donors (Lipinski definition) is 0. The molecule has 138 valence electrons. The number of carbonyl (C=O) groups excluding carboxylic acids is 1. The van der Waals surface area contributed by atoms with Gasteiger partial charge in [-0.2, -0.15) is 0 Å². The monoisotopic (exact) mass is 355 g/mol. The summed E-state index contributed by atoms with van der Waals surface area (Å²) in [7, 11) is 1.61. The van der Waals surface area contributed by atoms with Gasteiger partial charge in [0.1, 0.15) is 5.76 Å². The topological polar surface area (TPSA) is 51.9 Å². The molecule has 3 rings (SSSR count). The van der Waals surface area contributed by atoms with E-state index in [9.17, 15) is 4.79 Å². The summed E-state index contributed by atoms with van der Waals surface area (Å²) in [5, 5.41) is 0. The highest BCUT2D eigenvalue weighted by atomic mass is 16.5. The number of hydrogen-bond acceptors (Lipinski definition) is 4. The maximum absolute atomic E-state index is 12.8. The Morgan fingerprint density at radius 3 is 2.77 bits per heavy atom. The van der Waals surface area contributed by atoms with Crippen LogP contribution in [0.1, 0.15) is 44.1 Å². The van der Waals surface area contributed by atoms with Gasteiger partial charge < -0.3 is 18.8 Å². The van der Waals surface area contributed by atoms with E-state index in [0.717, 1.165) is 24.2 Å². The lowest BCUT2D eigenvalue weighted by Gasteiger charge is -2.26. The van der Waals surface area contributed by atoms with Crippen LogP contribution in [0.5, 0.6) is 11.5 Å². The Bertz CT molecular complexity index is 762. The van der Waals surface area contributed by atoms with E-state index in [4.69, 9.17) is 13.9 Å². The average Bonchev–Trinajstić information content (AvgIpc) is 3.32. The van der Waals surface area contributed by atoms with Gasteiger partial charge in [0.25, 0.3) is 0 Å². The van der Waals surface area contributed by atoms with E-state index in [1.54, 1.807) is 19.4 Å². The van der Waals surface area contributed by atoms with Gasteiger partial charge in [0.05, 0.1) is 26.0 Å². The number of nitrogens with zero attached hydrogens (tertiary/aromatic N) is 1. The van der Waals surface area contributed by atoms with Crippen molar-refractivity contribution >= 4 is 12.0 Å². The van der Waals surface area contributed by atoms with Crippen molar-refractivity contribution in [2.45, 2.75) is 38.8 Å². The lowest BCUT2D eigenvalue weighted by atomic mass is 10.1. The first kappa shape index (κ1) is 18.1. The molecule has 0 bridgehead atoms. The van der Waals surface area contributed by atoms with Crippen molar-refractivity contribution in [3.8, 4) is 11.5 Å².